The molecular weight excluding hydrogens is 204 g/mol. The standard InChI is InChI=1S/C13H20O3/c1-9(2)12-5-4-10(3)6-13(12)16-8-11(15)7-14/h4-6,9,11,14-15H,7-8H2,1-3H3. The predicted molar refractivity (Wildman–Crippen MR) is 63.9 cm³/mol. The molecule has 0 aliphatic rings. The van der Waals surface area contributed by atoms with Crippen molar-refractivity contribution >= 4 is 0 Å². The quantitative estimate of drug-likeness (QED) is 0.802. The summed E-state index contributed by atoms with van der Waals surface area (Å²) in [6, 6.07) is 6.05. The molecule has 0 bridgehead atoms. The molecule has 0 aliphatic carbocycles. The third kappa shape index (κ3) is 3.51. The fourth-order valence-electron chi connectivity index (χ4n) is 1.48. The van der Waals surface area contributed by atoms with Gasteiger partial charge in [0.2, 0.25) is 0 Å². The summed E-state index contributed by atoms with van der Waals surface area (Å²) in [4.78, 5) is 0. The van der Waals surface area contributed by atoms with Crippen LogP contribution in [0.15, 0.2) is 18.2 Å². The second-order valence-corrected chi connectivity index (χ2v) is 4.34. The Morgan fingerprint density at radius 1 is 1.31 bits per heavy atom. The molecule has 0 fully saturated rings. The minimum absolute atomic E-state index is 0.125. The Labute approximate surface area is 96.7 Å². The average molecular weight is 224 g/mol. The van der Waals surface area contributed by atoms with E-state index >= 15 is 0 Å². The Morgan fingerprint density at radius 2 is 2.00 bits per heavy atom. The van der Waals surface area contributed by atoms with Crippen molar-refractivity contribution < 1.29 is 14.9 Å². The molecule has 1 aromatic rings. The highest BCUT2D eigenvalue weighted by Gasteiger charge is 2.10. The lowest BCUT2D eigenvalue weighted by molar-refractivity contribution is 0.0532. The molecular formula is C13H20O3. The first kappa shape index (κ1) is 13.0. The number of ether oxygens (including phenoxy) is 1. The van der Waals surface area contributed by atoms with E-state index in [2.05, 4.69) is 13.8 Å². The van der Waals surface area contributed by atoms with Gasteiger partial charge >= 0.3 is 0 Å². The largest absolute Gasteiger partial charge is 0.490 e. The van der Waals surface area contributed by atoms with E-state index in [4.69, 9.17) is 9.84 Å². The van der Waals surface area contributed by atoms with Crippen LogP contribution in [0.3, 0.4) is 0 Å². The fraction of sp³-hybridized carbons (Fsp3) is 0.538. The summed E-state index contributed by atoms with van der Waals surface area (Å²) in [5.74, 6) is 1.17. The minimum atomic E-state index is -0.819. The molecule has 1 atom stereocenters. The Balaban J connectivity index is 2.80. The Hall–Kier alpha value is -1.06. The molecule has 0 saturated heterocycles. The Bertz CT molecular complexity index is 334. The lowest BCUT2D eigenvalue weighted by atomic mass is 10.0. The second-order valence-electron chi connectivity index (χ2n) is 4.34. The predicted octanol–water partition coefficient (Wildman–Crippen LogP) is 1.85. The van der Waals surface area contributed by atoms with Crippen LogP contribution in [0.1, 0.15) is 30.9 Å². The van der Waals surface area contributed by atoms with Crippen LogP contribution >= 0.6 is 0 Å². The van der Waals surface area contributed by atoms with E-state index in [0.717, 1.165) is 16.9 Å². The van der Waals surface area contributed by atoms with Gasteiger partial charge in [0.15, 0.2) is 0 Å². The first-order chi connectivity index (χ1) is 7.54. The molecule has 16 heavy (non-hydrogen) atoms. The molecule has 0 spiro atoms. The van der Waals surface area contributed by atoms with Crippen molar-refractivity contribution in [3.8, 4) is 5.75 Å². The van der Waals surface area contributed by atoms with Crippen molar-refractivity contribution in [2.24, 2.45) is 0 Å². The minimum Gasteiger partial charge on any atom is -0.490 e. The average Bonchev–Trinajstić information content (AvgIpc) is 2.25. The first-order valence-electron chi connectivity index (χ1n) is 5.57. The summed E-state index contributed by atoms with van der Waals surface area (Å²) in [7, 11) is 0. The maximum absolute atomic E-state index is 9.24. The van der Waals surface area contributed by atoms with Gasteiger partial charge in [0.1, 0.15) is 18.5 Å². The van der Waals surface area contributed by atoms with E-state index < -0.39 is 6.10 Å². The highest BCUT2D eigenvalue weighted by Crippen LogP contribution is 2.27. The summed E-state index contributed by atoms with van der Waals surface area (Å²) in [5.41, 5.74) is 2.24. The summed E-state index contributed by atoms with van der Waals surface area (Å²) >= 11 is 0. The number of aliphatic hydroxyl groups is 2. The fourth-order valence-corrected chi connectivity index (χ4v) is 1.48. The van der Waals surface area contributed by atoms with Gasteiger partial charge in [-0.2, -0.15) is 0 Å². The van der Waals surface area contributed by atoms with Crippen LogP contribution in [-0.2, 0) is 0 Å². The molecule has 0 radical (unpaired) electrons. The van der Waals surface area contributed by atoms with Crippen LogP contribution in [-0.4, -0.2) is 29.5 Å². The zero-order valence-corrected chi connectivity index (χ0v) is 10.1. The van der Waals surface area contributed by atoms with Gasteiger partial charge in [-0.15, -0.1) is 0 Å². The maximum Gasteiger partial charge on any atom is 0.123 e. The SMILES string of the molecule is Cc1ccc(C(C)C)c(OCC(O)CO)c1. The van der Waals surface area contributed by atoms with Crippen molar-refractivity contribution in [3.63, 3.8) is 0 Å². The van der Waals surface area contributed by atoms with Crippen LogP contribution in [0.25, 0.3) is 0 Å². The molecule has 1 aromatic carbocycles. The van der Waals surface area contributed by atoms with Gasteiger partial charge in [0.05, 0.1) is 6.61 Å². The normalized spacial score (nSPS) is 12.9. The molecule has 0 aliphatic heterocycles. The molecule has 0 saturated carbocycles. The number of hydrogen-bond acceptors (Lipinski definition) is 3. The second kappa shape index (κ2) is 5.87. The van der Waals surface area contributed by atoms with Gasteiger partial charge in [0.25, 0.3) is 0 Å². The van der Waals surface area contributed by atoms with Gasteiger partial charge in [-0.3, -0.25) is 0 Å². The van der Waals surface area contributed by atoms with Gasteiger partial charge in [0, 0.05) is 0 Å². The van der Waals surface area contributed by atoms with Crippen molar-refractivity contribution in [1.82, 2.24) is 0 Å². The summed E-state index contributed by atoms with van der Waals surface area (Å²) < 4.78 is 5.52. The lowest BCUT2D eigenvalue weighted by Crippen LogP contribution is -2.21. The third-order valence-electron chi connectivity index (χ3n) is 2.43. The summed E-state index contributed by atoms with van der Waals surface area (Å²) in [5, 5.41) is 18.0. The third-order valence-corrected chi connectivity index (χ3v) is 2.43. The van der Waals surface area contributed by atoms with E-state index in [1.54, 1.807) is 0 Å². The van der Waals surface area contributed by atoms with Crippen molar-refractivity contribution in [3.05, 3.63) is 29.3 Å². The van der Waals surface area contributed by atoms with Crippen LogP contribution in [0.2, 0.25) is 0 Å². The van der Waals surface area contributed by atoms with E-state index in [-0.39, 0.29) is 13.2 Å². The Morgan fingerprint density at radius 3 is 2.56 bits per heavy atom. The van der Waals surface area contributed by atoms with Gasteiger partial charge in [-0.25, -0.2) is 0 Å². The van der Waals surface area contributed by atoms with E-state index in [1.807, 2.05) is 25.1 Å². The Kier molecular flexibility index (Phi) is 4.77. The smallest absolute Gasteiger partial charge is 0.123 e. The van der Waals surface area contributed by atoms with Crippen LogP contribution in [0, 0.1) is 6.92 Å². The lowest BCUT2D eigenvalue weighted by Gasteiger charge is -2.16. The molecule has 3 nitrogen and oxygen atoms in total. The summed E-state index contributed by atoms with van der Waals surface area (Å²) in [6.45, 7) is 6.04. The van der Waals surface area contributed by atoms with Gasteiger partial charge in [-0.1, -0.05) is 26.0 Å². The number of hydrogen-bond donors (Lipinski definition) is 2. The van der Waals surface area contributed by atoms with Crippen LogP contribution < -0.4 is 4.74 Å². The topological polar surface area (TPSA) is 49.7 Å². The van der Waals surface area contributed by atoms with Gasteiger partial charge in [-0.05, 0) is 30.0 Å². The molecule has 0 heterocycles. The molecule has 0 amide bonds. The van der Waals surface area contributed by atoms with Gasteiger partial charge < -0.3 is 14.9 Å². The maximum atomic E-state index is 9.24. The van der Waals surface area contributed by atoms with E-state index in [0.29, 0.717) is 5.92 Å². The molecule has 1 unspecified atom stereocenters. The number of rotatable bonds is 5. The number of aryl methyl sites for hydroxylation is 1. The van der Waals surface area contributed by atoms with Crippen molar-refractivity contribution in [2.45, 2.75) is 32.8 Å². The number of aliphatic hydroxyl groups excluding tert-OH is 2. The molecule has 2 N–H and O–H groups in total. The van der Waals surface area contributed by atoms with Crippen LogP contribution in [0.4, 0.5) is 0 Å². The van der Waals surface area contributed by atoms with Crippen LogP contribution in [0.5, 0.6) is 5.75 Å². The highest BCUT2D eigenvalue weighted by atomic mass is 16.5. The monoisotopic (exact) mass is 224 g/mol. The zero-order valence-electron chi connectivity index (χ0n) is 10.1. The molecule has 90 valence electrons. The first-order valence-corrected chi connectivity index (χ1v) is 5.57. The van der Waals surface area contributed by atoms with E-state index in [9.17, 15) is 5.11 Å². The zero-order chi connectivity index (χ0) is 12.1. The highest BCUT2D eigenvalue weighted by molar-refractivity contribution is 5.39. The van der Waals surface area contributed by atoms with Crippen molar-refractivity contribution in [1.29, 1.82) is 0 Å². The molecule has 0 aromatic heterocycles. The van der Waals surface area contributed by atoms with Crippen molar-refractivity contribution in [2.75, 3.05) is 13.2 Å². The molecule has 1 rings (SSSR count). The van der Waals surface area contributed by atoms with E-state index in [1.165, 1.54) is 0 Å². The number of benzene rings is 1. The molecule has 3 heteroatoms. The summed E-state index contributed by atoms with van der Waals surface area (Å²) in [6.07, 6.45) is -0.819.